The highest BCUT2D eigenvalue weighted by Gasteiger charge is 2.28. The van der Waals surface area contributed by atoms with Crippen LogP contribution in [0.5, 0.6) is 0 Å². The first-order valence-corrected chi connectivity index (χ1v) is 9.20. The van der Waals surface area contributed by atoms with Gasteiger partial charge in [-0.3, -0.25) is 0 Å². The fourth-order valence-corrected chi connectivity index (χ4v) is 3.86. The Morgan fingerprint density at radius 3 is 2.48 bits per heavy atom. The van der Waals surface area contributed by atoms with Crippen molar-refractivity contribution in [1.29, 1.82) is 0 Å². The first-order valence-electron chi connectivity index (χ1n) is 7.72. The van der Waals surface area contributed by atoms with Crippen LogP contribution < -0.4 is 10.0 Å². The molecule has 0 unspecified atom stereocenters. The summed E-state index contributed by atoms with van der Waals surface area (Å²) in [5, 5.41) is 3.41. The third kappa shape index (κ3) is 4.08. The van der Waals surface area contributed by atoms with E-state index < -0.39 is 10.0 Å². The predicted octanol–water partition coefficient (Wildman–Crippen LogP) is 2.13. The molecule has 0 aromatic carbocycles. The molecule has 5 nitrogen and oxygen atoms in total. The first-order chi connectivity index (χ1) is 9.79. The van der Waals surface area contributed by atoms with Gasteiger partial charge in [0.15, 0.2) is 0 Å². The summed E-state index contributed by atoms with van der Waals surface area (Å²) in [5.41, 5.74) is 0.609. The molecule has 0 amide bonds. The molecule has 2 N–H and O–H groups in total. The maximum Gasteiger partial charge on any atom is 0.242 e. The van der Waals surface area contributed by atoms with E-state index >= 15 is 0 Å². The van der Waals surface area contributed by atoms with Crippen LogP contribution in [0.4, 0.5) is 0 Å². The molecule has 1 aliphatic rings. The highest BCUT2D eigenvalue weighted by atomic mass is 32.2. The van der Waals surface area contributed by atoms with Gasteiger partial charge in [-0.1, -0.05) is 13.8 Å². The molecule has 0 spiro atoms. The molecular weight excluding hydrogens is 286 g/mol. The van der Waals surface area contributed by atoms with E-state index in [4.69, 9.17) is 0 Å². The summed E-state index contributed by atoms with van der Waals surface area (Å²) in [4.78, 5) is 0.353. The molecule has 0 bridgehead atoms. The van der Waals surface area contributed by atoms with Gasteiger partial charge in [-0.2, -0.15) is 0 Å². The van der Waals surface area contributed by atoms with Crippen molar-refractivity contribution in [2.45, 2.75) is 69.5 Å². The van der Waals surface area contributed by atoms with E-state index in [-0.39, 0.29) is 5.54 Å². The average Bonchev–Trinajstić information content (AvgIpc) is 3.18. The lowest BCUT2D eigenvalue weighted by Gasteiger charge is -2.27. The minimum atomic E-state index is -3.47. The summed E-state index contributed by atoms with van der Waals surface area (Å²) in [6.07, 6.45) is 5.68. The zero-order valence-electron chi connectivity index (χ0n) is 13.4. The van der Waals surface area contributed by atoms with Crippen LogP contribution in [0, 0.1) is 0 Å². The largest absolute Gasteiger partial charge is 0.352 e. The summed E-state index contributed by atoms with van der Waals surface area (Å²) in [6.45, 7) is 6.67. The molecule has 1 fully saturated rings. The van der Waals surface area contributed by atoms with Gasteiger partial charge in [-0.15, -0.1) is 0 Å². The molecule has 1 saturated carbocycles. The highest BCUT2D eigenvalue weighted by Crippen LogP contribution is 2.22. The Morgan fingerprint density at radius 2 is 1.95 bits per heavy atom. The summed E-state index contributed by atoms with van der Waals surface area (Å²) in [6, 6.07) is 2.38. The molecule has 0 atom stereocenters. The second kappa shape index (κ2) is 6.10. The van der Waals surface area contributed by atoms with Crippen LogP contribution >= 0.6 is 0 Å². The molecule has 6 heteroatoms. The quantitative estimate of drug-likeness (QED) is 0.773. The van der Waals surface area contributed by atoms with E-state index in [0.29, 0.717) is 10.9 Å². The summed E-state index contributed by atoms with van der Waals surface area (Å²) >= 11 is 0. The predicted molar refractivity (Wildman–Crippen MR) is 84.6 cm³/mol. The zero-order chi connectivity index (χ0) is 15.7. The zero-order valence-corrected chi connectivity index (χ0v) is 14.3. The molecule has 21 heavy (non-hydrogen) atoms. The van der Waals surface area contributed by atoms with Gasteiger partial charge >= 0.3 is 0 Å². The molecule has 0 radical (unpaired) electrons. The fourth-order valence-electron chi connectivity index (χ4n) is 2.21. The van der Waals surface area contributed by atoms with Gasteiger partial charge in [-0.25, -0.2) is 13.1 Å². The Kier molecular flexibility index (Phi) is 4.80. The second-order valence-electron chi connectivity index (χ2n) is 6.31. The minimum absolute atomic E-state index is 0.353. The van der Waals surface area contributed by atoms with E-state index in [1.54, 1.807) is 12.3 Å². The molecule has 0 saturated heterocycles. The number of hydrogen-bond acceptors (Lipinski definition) is 3. The van der Waals surface area contributed by atoms with E-state index in [9.17, 15) is 8.42 Å². The minimum Gasteiger partial charge on any atom is -0.352 e. The monoisotopic (exact) mass is 313 g/mol. The molecule has 1 aliphatic carbocycles. The number of rotatable bonds is 8. The van der Waals surface area contributed by atoms with Gasteiger partial charge < -0.3 is 9.88 Å². The fraction of sp³-hybridized carbons (Fsp3) is 0.733. The van der Waals surface area contributed by atoms with Crippen LogP contribution in [0.2, 0.25) is 0 Å². The Labute approximate surface area is 128 Å². The lowest BCUT2D eigenvalue weighted by Crippen LogP contribution is -2.44. The smallest absolute Gasteiger partial charge is 0.242 e. The van der Waals surface area contributed by atoms with Crippen LogP contribution in [-0.4, -0.2) is 24.6 Å². The third-order valence-electron chi connectivity index (χ3n) is 4.48. The summed E-state index contributed by atoms with van der Waals surface area (Å²) in [7, 11) is -1.57. The Balaban J connectivity index is 2.13. The molecule has 1 heterocycles. The topological polar surface area (TPSA) is 63.1 Å². The van der Waals surface area contributed by atoms with Crippen LogP contribution in [0.1, 0.15) is 52.1 Å². The van der Waals surface area contributed by atoms with E-state index in [1.165, 1.54) is 12.8 Å². The van der Waals surface area contributed by atoms with Crippen molar-refractivity contribution in [2.24, 2.45) is 7.05 Å². The van der Waals surface area contributed by atoms with Crippen LogP contribution in [0.25, 0.3) is 0 Å². The Hall–Kier alpha value is -0.850. The van der Waals surface area contributed by atoms with Crippen LogP contribution in [-0.2, 0) is 23.6 Å². The molecule has 0 aliphatic heterocycles. The van der Waals surface area contributed by atoms with Gasteiger partial charge in [0.05, 0.1) is 4.90 Å². The number of aromatic nitrogens is 1. The number of nitrogens with zero attached hydrogens (tertiary/aromatic N) is 1. The normalized spacial score (nSPS) is 16.4. The Morgan fingerprint density at radius 1 is 1.33 bits per heavy atom. The van der Waals surface area contributed by atoms with Crippen molar-refractivity contribution in [1.82, 2.24) is 14.6 Å². The first kappa shape index (κ1) is 16.5. The maximum absolute atomic E-state index is 12.5. The van der Waals surface area contributed by atoms with Crippen molar-refractivity contribution < 1.29 is 8.42 Å². The van der Waals surface area contributed by atoms with Gasteiger partial charge in [0.25, 0.3) is 0 Å². The second-order valence-corrected chi connectivity index (χ2v) is 7.99. The highest BCUT2D eigenvalue weighted by molar-refractivity contribution is 7.89. The van der Waals surface area contributed by atoms with Crippen molar-refractivity contribution in [3.63, 3.8) is 0 Å². The van der Waals surface area contributed by atoms with E-state index in [0.717, 1.165) is 25.1 Å². The van der Waals surface area contributed by atoms with Crippen LogP contribution in [0.15, 0.2) is 17.2 Å². The van der Waals surface area contributed by atoms with Crippen molar-refractivity contribution in [3.8, 4) is 0 Å². The van der Waals surface area contributed by atoms with E-state index in [1.807, 2.05) is 32.4 Å². The molecule has 2 rings (SSSR count). The van der Waals surface area contributed by atoms with Crippen molar-refractivity contribution in [2.75, 3.05) is 0 Å². The molecule has 1 aromatic heterocycles. The Bertz CT molecular complexity index is 584. The third-order valence-corrected chi connectivity index (χ3v) is 6.09. The standard InChI is InChI=1S/C15H27N3O2S/c1-5-15(3,6-2)17-21(19,20)14-9-13(18(4)11-14)10-16-12-7-8-12/h9,11-12,16-17H,5-8,10H2,1-4H3. The van der Waals surface area contributed by atoms with Gasteiger partial charge in [0, 0.05) is 37.1 Å². The number of hydrogen-bond donors (Lipinski definition) is 2. The summed E-state index contributed by atoms with van der Waals surface area (Å²) in [5.74, 6) is 0. The lowest BCUT2D eigenvalue weighted by molar-refractivity contribution is 0.388. The van der Waals surface area contributed by atoms with Crippen molar-refractivity contribution in [3.05, 3.63) is 18.0 Å². The van der Waals surface area contributed by atoms with Gasteiger partial charge in [0.1, 0.15) is 0 Å². The van der Waals surface area contributed by atoms with Gasteiger partial charge in [-0.05, 0) is 38.7 Å². The van der Waals surface area contributed by atoms with Crippen LogP contribution in [0.3, 0.4) is 0 Å². The molecule has 1 aromatic rings. The molecular formula is C15H27N3O2S. The van der Waals surface area contributed by atoms with Crippen molar-refractivity contribution >= 4 is 10.0 Å². The summed E-state index contributed by atoms with van der Waals surface area (Å²) < 4.78 is 29.8. The number of aryl methyl sites for hydroxylation is 1. The van der Waals surface area contributed by atoms with E-state index in [2.05, 4.69) is 10.0 Å². The SMILES string of the molecule is CCC(C)(CC)NS(=O)(=O)c1cc(CNC2CC2)n(C)c1. The molecule has 120 valence electrons. The number of nitrogens with one attached hydrogen (secondary N) is 2. The average molecular weight is 313 g/mol. The number of sulfonamides is 1. The maximum atomic E-state index is 12.5. The lowest BCUT2D eigenvalue weighted by atomic mass is 9.98. The van der Waals surface area contributed by atoms with Gasteiger partial charge in [0.2, 0.25) is 10.0 Å².